The van der Waals surface area contributed by atoms with Gasteiger partial charge in [0.1, 0.15) is 5.82 Å². The average Bonchev–Trinajstić information content (AvgIpc) is 3.04. The van der Waals surface area contributed by atoms with E-state index >= 15 is 0 Å². The highest BCUT2D eigenvalue weighted by atomic mass is 32.1. The number of hydrogen-bond acceptors (Lipinski definition) is 4. The Hall–Kier alpha value is -1.46. The van der Waals surface area contributed by atoms with Gasteiger partial charge in [-0.3, -0.25) is 0 Å². The first-order chi connectivity index (χ1) is 10.1. The minimum absolute atomic E-state index is 0.184. The standard InChI is InChI=1S/C16H20FN3S/c1-11(2)8-18-9-14-10-19-16(21-14)20-6-5-12-3-4-13(17)7-15(12)20/h3-4,7,10-11,18H,5-6,8-9H2,1-2H3. The molecule has 0 radical (unpaired) electrons. The second-order valence-corrected chi connectivity index (χ2v) is 6.90. The predicted molar refractivity (Wildman–Crippen MR) is 85.8 cm³/mol. The Labute approximate surface area is 128 Å². The number of hydrogen-bond donors (Lipinski definition) is 1. The lowest BCUT2D eigenvalue weighted by Crippen LogP contribution is -2.18. The molecule has 1 aliphatic rings. The lowest BCUT2D eigenvalue weighted by atomic mass is 10.2. The van der Waals surface area contributed by atoms with Crippen LogP contribution in [0.3, 0.4) is 0 Å². The summed E-state index contributed by atoms with van der Waals surface area (Å²) in [5.74, 6) is 0.460. The fourth-order valence-corrected chi connectivity index (χ4v) is 3.46. The van der Waals surface area contributed by atoms with E-state index in [4.69, 9.17) is 0 Å². The number of anilines is 2. The van der Waals surface area contributed by atoms with E-state index in [0.29, 0.717) is 5.92 Å². The Morgan fingerprint density at radius 1 is 1.43 bits per heavy atom. The van der Waals surface area contributed by atoms with Gasteiger partial charge in [0.2, 0.25) is 0 Å². The van der Waals surface area contributed by atoms with Crippen LogP contribution < -0.4 is 10.2 Å². The molecule has 0 amide bonds. The summed E-state index contributed by atoms with van der Waals surface area (Å²) in [6, 6.07) is 5.02. The minimum Gasteiger partial charge on any atom is -0.317 e. The van der Waals surface area contributed by atoms with E-state index < -0.39 is 0 Å². The van der Waals surface area contributed by atoms with Crippen molar-refractivity contribution in [3.8, 4) is 0 Å². The topological polar surface area (TPSA) is 28.2 Å². The number of thiazole rings is 1. The van der Waals surface area contributed by atoms with Gasteiger partial charge in [-0.25, -0.2) is 9.37 Å². The fraction of sp³-hybridized carbons (Fsp3) is 0.438. The molecule has 0 saturated heterocycles. The molecule has 1 aromatic heterocycles. The van der Waals surface area contributed by atoms with Crippen molar-refractivity contribution in [3.63, 3.8) is 0 Å². The molecule has 0 atom stereocenters. The third-order valence-corrected chi connectivity index (χ3v) is 4.59. The van der Waals surface area contributed by atoms with Gasteiger partial charge in [-0.2, -0.15) is 0 Å². The van der Waals surface area contributed by atoms with Crippen molar-refractivity contribution in [1.29, 1.82) is 0 Å². The molecule has 0 bridgehead atoms. The SMILES string of the molecule is CC(C)CNCc1cnc(N2CCc3ccc(F)cc32)s1. The number of nitrogens with zero attached hydrogens (tertiary/aromatic N) is 2. The molecule has 0 saturated carbocycles. The van der Waals surface area contributed by atoms with E-state index in [0.717, 1.165) is 36.9 Å². The van der Waals surface area contributed by atoms with Gasteiger partial charge in [0, 0.05) is 29.9 Å². The van der Waals surface area contributed by atoms with Gasteiger partial charge in [-0.15, -0.1) is 11.3 Å². The zero-order valence-electron chi connectivity index (χ0n) is 12.4. The summed E-state index contributed by atoms with van der Waals surface area (Å²) < 4.78 is 13.4. The summed E-state index contributed by atoms with van der Waals surface area (Å²) in [7, 11) is 0. The van der Waals surface area contributed by atoms with E-state index in [1.54, 1.807) is 17.4 Å². The van der Waals surface area contributed by atoms with E-state index in [9.17, 15) is 4.39 Å². The minimum atomic E-state index is -0.184. The van der Waals surface area contributed by atoms with Crippen LogP contribution in [0, 0.1) is 11.7 Å². The van der Waals surface area contributed by atoms with Crippen molar-refractivity contribution in [3.05, 3.63) is 40.7 Å². The molecular weight excluding hydrogens is 285 g/mol. The number of rotatable bonds is 5. The van der Waals surface area contributed by atoms with Gasteiger partial charge < -0.3 is 10.2 Å². The summed E-state index contributed by atoms with van der Waals surface area (Å²) in [5, 5.41) is 4.38. The smallest absolute Gasteiger partial charge is 0.190 e. The fourth-order valence-electron chi connectivity index (χ4n) is 2.54. The van der Waals surface area contributed by atoms with Crippen LogP contribution in [-0.2, 0) is 13.0 Å². The van der Waals surface area contributed by atoms with Crippen LogP contribution in [0.1, 0.15) is 24.3 Å². The van der Waals surface area contributed by atoms with Gasteiger partial charge in [-0.05, 0) is 36.6 Å². The maximum absolute atomic E-state index is 13.4. The number of fused-ring (bicyclic) bond motifs is 1. The molecule has 2 aromatic rings. The normalized spacial score (nSPS) is 14.0. The van der Waals surface area contributed by atoms with Crippen molar-refractivity contribution in [2.45, 2.75) is 26.8 Å². The third kappa shape index (κ3) is 3.24. The van der Waals surface area contributed by atoms with Gasteiger partial charge in [0.05, 0.1) is 0 Å². The van der Waals surface area contributed by atoms with E-state index in [1.807, 2.05) is 12.3 Å². The lowest BCUT2D eigenvalue weighted by molar-refractivity contribution is 0.554. The monoisotopic (exact) mass is 305 g/mol. The lowest BCUT2D eigenvalue weighted by Gasteiger charge is -2.15. The Morgan fingerprint density at radius 3 is 3.10 bits per heavy atom. The van der Waals surface area contributed by atoms with Crippen molar-refractivity contribution in [2.75, 3.05) is 18.0 Å². The van der Waals surface area contributed by atoms with Gasteiger partial charge in [0.25, 0.3) is 0 Å². The van der Waals surface area contributed by atoms with E-state index in [-0.39, 0.29) is 5.82 Å². The molecule has 1 aromatic carbocycles. The number of benzene rings is 1. The molecule has 1 aliphatic heterocycles. The molecule has 0 spiro atoms. The van der Waals surface area contributed by atoms with Crippen molar-refractivity contribution < 1.29 is 4.39 Å². The van der Waals surface area contributed by atoms with Gasteiger partial charge in [0.15, 0.2) is 5.13 Å². The molecule has 0 aliphatic carbocycles. The van der Waals surface area contributed by atoms with E-state index in [1.165, 1.54) is 16.5 Å². The molecule has 3 nitrogen and oxygen atoms in total. The van der Waals surface area contributed by atoms with E-state index in [2.05, 4.69) is 29.0 Å². The predicted octanol–water partition coefficient (Wildman–Crippen LogP) is 3.72. The highest BCUT2D eigenvalue weighted by Gasteiger charge is 2.23. The summed E-state index contributed by atoms with van der Waals surface area (Å²) >= 11 is 1.68. The Morgan fingerprint density at radius 2 is 2.29 bits per heavy atom. The molecule has 21 heavy (non-hydrogen) atoms. The van der Waals surface area contributed by atoms with Gasteiger partial charge in [-0.1, -0.05) is 19.9 Å². The highest BCUT2D eigenvalue weighted by Crippen LogP contribution is 2.36. The number of aromatic nitrogens is 1. The van der Waals surface area contributed by atoms with Crippen LogP contribution >= 0.6 is 11.3 Å². The maximum atomic E-state index is 13.4. The van der Waals surface area contributed by atoms with Crippen molar-refractivity contribution in [2.24, 2.45) is 5.92 Å². The molecular formula is C16H20FN3S. The first kappa shape index (κ1) is 14.5. The van der Waals surface area contributed by atoms with Crippen LogP contribution in [0.25, 0.3) is 0 Å². The Kier molecular flexibility index (Phi) is 4.22. The quantitative estimate of drug-likeness (QED) is 0.912. The number of nitrogens with one attached hydrogen (secondary N) is 1. The molecule has 112 valence electrons. The Bertz CT molecular complexity index is 624. The molecule has 0 unspecified atom stereocenters. The van der Waals surface area contributed by atoms with Gasteiger partial charge >= 0.3 is 0 Å². The first-order valence-corrected chi connectivity index (χ1v) is 8.16. The molecule has 0 fully saturated rings. The van der Waals surface area contributed by atoms with Crippen molar-refractivity contribution >= 4 is 22.2 Å². The summed E-state index contributed by atoms with van der Waals surface area (Å²) in [6.07, 6.45) is 2.88. The van der Waals surface area contributed by atoms with Crippen LogP contribution in [0.15, 0.2) is 24.4 Å². The zero-order valence-corrected chi connectivity index (χ0v) is 13.2. The highest BCUT2D eigenvalue weighted by molar-refractivity contribution is 7.15. The molecule has 3 rings (SSSR count). The first-order valence-electron chi connectivity index (χ1n) is 7.35. The molecule has 2 heterocycles. The second-order valence-electron chi connectivity index (χ2n) is 5.81. The molecule has 5 heteroatoms. The third-order valence-electron chi connectivity index (χ3n) is 3.57. The zero-order chi connectivity index (χ0) is 14.8. The largest absolute Gasteiger partial charge is 0.317 e. The number of halogens is 1. The Balaban J connectivity index is 1.72. The molecule has 1 N–H and O–H groups in total. The van der Waals surface area contributed by atoms with Crippen LogP contribution in [0.2, 0.25) is 0 Å². The second kappa shape index (κ2) is 6.12. The van der Waals surface area contributed by atoms with Crippen LogP contribution in [0.4, 0.5) is 15.2 Å². The maximum Gasteiger partial charge on any atom is 0.190 e. The summed E-state index contributed by atoms with van der Waals surface area (Å²) in [5.41, 5.74) is 2.16. The summed E-state index contributed by atoms with van der Waals surface area (Å²) in [4.78, 5) is 7.84. The van der Waals surface area contributed by atoms with Crippen LogP contribution in [0.5, 0.6) is 0 Å². The summed E-state index contributed by atoms with van der Waals surface area (Å²) in [6.45, 7) is 7.12. The van der Waals surface area contributed by atoms with Crippen LogP contribution in [-0.4, -0.2) is 18.1 Å². The average molecular weight is 305 g/mol. The van der Waals surface area contributed by atoms with Crippen molar-refractivity contribution in [1.82, 2.24) is 10.3 Å².